The number of hydrogen-bond donors (Lipinski definition) is 2. The molecule has 0 aromatic heterocycles. The third-order valence-electron chi connectivity index (χ3n) is 3.67. The fourth-order valence-corrected chi connectivity index (χ4v) is 2.22. The lowest BCUT2D eigenvalue weighted by Gasteiger charge is -2.19. The molecule has 0 radical (unpaired) electrons. The number of carbonyl (C=O) groups is 2. The molecule has 2 aromatic rings. The number of halogens is 2. The van der Waals surface area contributed by atoms with Crippen molar-refractivity contribution in [3.63, 3.8) is 0 Å². The van der Waals surface area contributed by atoms with E-state index in [-0.39, 0.29) is 11.8 Å². The largest absolute Gasteiger partial charge is 0.482 e. The second-order valence-corrected chi connectivity index (χ2v) is 5.82. The Morgan fingerprint density at radius 1 is 1.04 bits per heavy atom. The summed E-state index contributed by atoms with van der Waals surface area (Å²) in [6.45, 7) is 2.81. The van der Waals surface area contributed by atoms with Crippen LogP contribution < -0.4 is 14.8 Å². The zero-order chi connectivity index (χ0) is 20.0. The monoisotopic (exact) mass is 379 g/mol. The normalized spacial score (nSPS) is 12.7. The molecule has 2 atom stereocenters. The Labute approximate surface area is 154 Å². The highest BCUT2D eigenvalue weighted by atomic mass is 19.2. The number of ether oxygens (including phenoxy) is 2. The average Bonchev–Trinajstić information content (AvgIpc) is 2.63. The number of carboxylic acid groups (broad SMARTS) is 1. The molecule has 0 fully saturated rings. The molecular formula is C19H19F2NO5. The van der Waals surface area contributed by atoms with Crippen LogP contribution in [0.3, 0.4) is 0 Å². The molecule has 2 N–H and O–H groups in total. The summed E-state index contributed by atoms with van der Waals surface area (Å²) in [6, 6.07) is 9.27. The van der Waals surface area contributed by atoms with Crippen molar-refractivity contribution in [2.45, 2.75) is 26.0 Å². The quantitative estimate of drug-likeness (QED) is 0.736. The standard InChI is InChI=1S/C19H19F2NO5/c1-11(13-3-5-14(6-4-13)26-10-18(23)24)22-19(25)12(2)27-15-7-8-16(20)17(21)9-15/h3-9,11-12H,10H2,1-2H3,(H,22,25)(H,23,24). The SMILES string of the molecule is CC(Oc1ccc(F)c(F)c1)C(=O)NC(C)c1ccc(OCC(=O)O)cc1. The molecule has 0 aliphatic rings. The smallest absolute Gasteiger partial charge is 0.341 e. The molecule has 6 nitrogen and oxygen atoms in total. The van der Waals surface area contributed by atoms with Gasteiger partial charge < -0.3 is 19.9 Å². The van der Waals surface area contributed by atoms with Crippen molar-refractivity contribution in [2.75, 3.05) is 6.61 Å². The molecule has 0 heterocycles. The Bertz CT molecular complexity index is 810. The van der Waals surface area contributed by atoms with E-state index in [1.165, 1.54) is 13.0 Å². The summed E-state index contributed by atoms with van der Waals surface area (Å²) in [5.41, 5.74) is 0.769. The third kappa shape index (κ3) is 5.95. The van der Waals surface area contributed by atoms with Gasteiger partial charge in [-0.25, -0.2) is 13.6 Å². The zero-order valence-electron chi connectivity index (χ0n) is 14.7. The Kier molecular flexibility index (Phi) is 6.70. The molecule has 0 spiro atoms. The first-order chi connectivity index (χ1) is 12.8. The van der Waals surface area contributed by atoms with Gasteiger partial charge in [0.2, 0.25) is 0 Å². The van der Waals surface area contributed by atoms with Crippen LogP contribution in [0.4, 0.5) is 8.78 Å². The molecule has 2 unspecified atom stereocenters. The highest BCUT2D eigenvalue weighted by Gasteiger charge is 2.18. The van der Waals surface area contributed by atoms with Crippen LogP contribution in [0.2, 0.25) is 0 Å². The van der Waals surface area contributed by atoms with Crippen LogP contribution in [0.15, 0.2) is 42.5 Å². The molecule has 1 amide bonds. The number of rotatable bonds is 8. The lowest BCUT2D eigenvalue weighted by Crippen LogP contribution is -2.37. The van der Waals surface area contributed by atoms with E-state index in [0.717, 1.165) is 17.7 Å². The average molecular weight is 379 g/mol. The van der Waals surface area contributed by atoms with Gasteiger partial charge in [0, 0.05) is 6.07 Å². The van der Waals surface area contributed by atoms with Gasteiger partial charge in [0.05, 0.1) is 6.04 Å². The maximum atomic E-state index is 13.2. The Balaban J connectivity index is 1.91. The molecule has 0 aliphatic carbocycles. The minimum atomic E-state index is -1.07. The number of benzene rings is 2. The van der Waals surface area contributed by atoms with Crippen LogP contribution in [0.25, 0.3) is 0 Å². The highest BCUT2D eigenvalue weighted by molar-refractivity contribution is 5.81. The van der Waals surface area contributed by atoms with Crippen molar-refractivity contribution in [2.24, 2.45) is 0 Å². The van der Waals surface area contributed by atoms with Crippen LogP contribution in [-0.2, 0) is 9.59 Å². The van der Waals surface area contributed by atoms with Gasteiger partial charge in [-0.15, -0.1) is 0 Å². The van der Waals surface area contributed by atoms with E-state index in [4.69, 9.17) is 14.6 Å². The van der Waals surface area contributed by atoms with E-state index in [1.807, 2.05) is 0 Å². The number of carboxylic acids is 1. The maximum Gasteiger partial charge on any atom is 0.341 e. The first-order valence-corrected chi connectivity index (χ1v) is 8.13. The van der Waals surface area contributed by atoms with Gasteiger partial charge >= 0.3 is 5.97 Å². The summed E-state index contributed by atoms with van der Waals surface area (Å²) in [4.78, 5) is 22.7. The van der Waals surface area contributed by atoms with Crippen molar-refractivity contribution in [1.82, 2.24) is 5.32 Å². The maximum absolute atomic E-state index is 13.2. The van der Waals surface area contributed by atoms with E-state index in [2.05, 4.69) is 5.32 Å². The van der Waals surface area contributed by atoms with Crippen molar-refractivity contribution in [3.8, 4) is 11.5 Å². The van der Waals surface area contributed by atoms with E-state index >= 15 is 0 Å². The van der Waals surface area contributed by atoms with Gasteiger partial charge in [-0.3, -0.25) is 4.79 Å². The van der Waals surface area contributed by atoms with E-state index in [9.17, 15) is 18.4 Å². The summed E-state index contributed by atoms with van der Waals surface area (Å²) in [5.74, 6) is -3.12. The van der Waals surface area contributed by atoms with Gasteiger partial charge in [0.25, 0.3) is 5.91 Å². The van der Waals surface area contributed by atoms with Crippen LogP contribution in [0.1, 0.15) is 25.5 Å². The van der Waals surface area contributed by atoms with Gasteiger partial charge in [-0.1, -0.05) is 12.1 Å². The van der Waals surface area contributed by atoms with E-state index < -0.39 is 36.2 Å². The summed E-state index contributed by atoms with van der Waals surface area (Å²) in [5, 5.41) is 11.3. The predicted octanol–water partition coefficient (Wildman–Crippen LogP) is 3.07. The van der Waals surface area contributed by atoms with Crippen LogP contribution in [0, 0.1) is 11.6 Å². The number of aliphatic carboxylic acids is 1. The summed E-state index contributed by atoms with van der Waals surface area (Å²) in [6.07, 6.45) is -0.921. The number of amides is 1. The van der Waals surface area contributed by atoms with E-state index in [0.29, 0.717) is 5.75 Å². The molecule has 0 saturated heterocycles. The summed E-state index contributed by atoms with van der Waals surface area (Å²) >= 11 is 0. The molecule has 0 saturated carbocycles. The minimum absolute atomic E-state index is 0.0455. The molecule has 0 aliphatic heterocycles. The van der Waals surface area contributed by atoms with Gasteiger partial charge in [-0.2, -0.15) is 0 Å². The molecular weight excluding hydrogens is 360 g/mol. The molecule has 2 rings (SSSR count). The zero-order valence-corrected chi connectivity index (χ0v) is 14.7. The van der Waals surface area contributed by atoms with Crippen molar-refractivity contribution in [3.05, 3.63) is 59.7 Å². The molecule has 2 aromatic carbocycles. The summed E-state index contributed by atoms with van der Waals surface area (Å²) < 4.78 is 36.5. The van der Waals surface area contributed by atoms with Crippen molar-refractivity contribution in [1.29, 1.82) is 0 Å². The Morgan fingerprint density at radius 2 is 1.67 bits per heavy atom. The van der Waals surface area contributed by atoms with Crippen LogP contribution in [-0.4, -0.2) is 29.7 Å². The Morgan fingerprint density at radius 3 is 2.26 bits per heavy atom. The fourth-order valence-electron chi connectivity index (χ4n) is 2.22. The topological polar surface area (TPSA) is 84.9 Å². The molecule has 27 heavy (non-hydrogen) atoms. The van der Waals surface area contributed by atoms with Crippen molar-refractivity contribution >= 4 is 11.9 Å². The van der Waals surface area contributed by atoms with Crippen molar-refractivity contribution < 1.29 is 33.0 Å². The first-order valence-electron chi connectivity index (χ1n) is 8.13. The first kappa shape index (κ1) is 20.2. The molecule has 0 bridgehead atoms. The fraction of sp³-hybridized carbons (Fsp3) is 0.263. The number of hydrogen-bond acceptors (Lipinski definition) is 4. The highest BCUT2D eigenvalue weighted by Crippen LogP contribution is 2.19. The summed E-state index contributed by atoms with van der Waals surface area (Å²) in [7, 11) is 0. The lowest BCUT2D eigenvalue weighted by molar-refractivity contribution is -0.139. The number of nitrogens with one attached hydrogen (secondary N) is 1. The van der Waals surface area contributed by atoms with Crippen LogP contribution >= 0.6 is 0 Å². The van der Waals surface area contributed by atoms with Gasteiger partial charge in [0.15, 0.2) is 24.3 Å². The molecule has 144 valence electrons. The second kappa shape index (κ2) is 8.98. The lowest BCUT2D eigenvalue weighted by atomic mass is 10.1. The van der Waals surface area contributed by atoms with Gasteiger partial charge in [0.1, 0.15) is 11.5 Å². The molecule has 8 heteroatoms. The van der Waals surface area contributed by atoms with Gasteiger partial charge in [-0.05, 0) is 43.7 Å². The number of carbonyl (C=O) groups excluding carboxylic acids is 1. The third-order valence-corrected chi connectivity index (χ3v) is 3.67. The van der Waals surface area contributed by atoms with E-state index in [1.54, 1.807) is 31.2 Å². The van der Waals surface area contributed by atoms with Crippen LogP contribution in [0.5, 0.6) is 11.5 Å². The minimum Gasteiger partial charge on any atom is -0.482 e. The predicted molar refractivity (Wildman–Crippen MR) is 92.6 cm³/mol. The second-order valence-electron chi connectivity index (χ2n) is 5.82. The Hall–Kier alpha value is -3.16.